The van der Waals surface area contributed by atoms with Gasteiger partial charge < -0.3 is 20.3 Å². The van der Waals surface area contributed by atoms with Crippen molar-refractivity contribution < 1.29 is 19.1 Å². The predicted molar refractivity (Wildman–Crippen MR) is 105 cm³/mol. The Morgan fingerprint density at radius 3 is 2.04 bits per heavy atom. The van der Waals surface area contributed by atoms with Crippen molar-refractivity contribution in [3.05, 3.63) is 0 Å². The van der Waals surface area contributed by atoms with Crippen LogP contribution in [0, 0.1) is 17.3 Å². The summed E-state index contributed by atoms with van der Waals surface area (Å²) in [6, 6.07) is -1.75. The summed E-state index contributed by atoms with van der Waals surface area (Å²) >= 11 is 0. The van der Waals surface area contributed by atoms with E-state index in [1.807, 2.05) is 41.5 Å². The van der Waals surface area contributed by atoms with E-state index in [0.717, 1.165) is 0 Å². The number of carbonyl (C=O) groups is 3. The lowest BCUT2D eigenvalue weighted by Gasteiger charge is -2.36. The van der Waals surface area contributed by atoms with Crippen LogP contribution >= 0.6 is 0 Å². The number of esters is 1. The Balaban J connectivity index is 3.08. The number of hydrogen-bond donors (Lipinski definition) is 2. The zero-order chi connectivity index (χ0) is 21.2. The molecule has 1 aliphatic heterocycles. The van der Waals surface area contributed by atoms with Crippen LogP contribution < -0.4 is 10.6 Å². The van der Waals surface area contributed by atoms with Crippen LogP contribution in [0.15, 0.2) is 0 Å². The Labute approximate surface area is 163 Å². The summed E-state index contributed by atoms with van der Waals surface area (Å²) in [5.41, 5.74) is -0.927. The number of rotatable bonds is 4. The lowest BCUT2D eigenvalue weighted by Crippen LogP contribution is -2.60. The number of nitrogens with one attached hydrogen (secondary N) is 2. The molecule has 1 saturated heterocycles. The lowest BCUT2D eigenvalue weighted by molar-refractivity contribution is -0.152. The lowest BCUT2D eigenvalue weighted by atomic mass is 9.85. The van der Waals surface area contributed by atoms with Gasteiger partial charge in [-0.05, 0) is 44.4 Å². The van der Waals surface area contributed by atoms with Gasteiger partial charge in [0.05, 0.1) is 7.11 Å². The van der Waals surface area contributed by atoms with Crippen LogP contribution in [0.3, 0.4) is 0 Å². The fourth-order valence-electron chi connectivity index (χ4n) is 3.28. The standard InChI is InChI=1S/C20H37N3O4/c1-12(2)13-10-14(17(25)27-9)23(11-13)16(24)15(19(3,4)5)21-18(26)22-20(6,7)8/h12-15H,10-11H2,1-9H3,(H2,21,22,26)/t13?,14-,15+/m0/s1. The van der Waals surface area contributed by atoms with Gasteiger partial charge in [-0.3, -0.25) is 4.79 Å². The summed E-state index contributed by atoms with van der Waals surface area (Å²) < 4.78 is 4.92. The van der Waals surface area contributed by atoms with Crippen molar-refractivity contribution in [2.75, 3.05) is 13.7 Å². The highest BCUT2D eigenvalue weighted by Gasteiger charge is 2.45. The first kappa shape index (κ1) is 23.2. The van der Waals surface area contributed by atoms with Crippen molar-refractivity contribution >= 4 is 17.9 Å². The number of amides is 3. The van der Waals surface area contributed by atoms with Crippen LogP contribution in [0.4, 0.5) is 4.79 Å². The molecule has 1 aliphatic rings. The maximum Gasteiger partial charge on any atom is 0.328 e. The highest BCUT2D eigenvalue weighted by Crippen LogP contribution is 2.32. The second kappa shape index (κ2) is 8.48. The minimum atomic E-state index is -0.752. The topological polar surface area (TPSA) is 87.7 Å². The van der Waals surface area contributed by atoms with Crippen LogP contribution in [-0.4, -0.2) is 54.1 Å². The smallest absolute Gasteiger partial charge is 0.328 e. The zero-order valence-corrected chi connectivity index (χ0v) is 18.3. The largest absolute Gasteiger partial charge is 0.467 e. The van der Waals surface area contributed by atoms with Crippen LogP contribution in [0.2, 0.25) is 0 Å². The molecule has 0 bridgehead atoms. The van der Waals surface area contributed by atoms with Gasteiger partial charge in [0.15, 0.2) is 0 Å². The van der Waals surface area contributed by atoms with Gasteiger partial charge in [-0.2, -0.15) is 0 Å². The third-order valence-corrected chi connectivity index (χ3v) is 4.91. The van der Waals surface area contributed by atoms with Gasteiger partial charge in [0.25, 0.3) is 0 Å². The molecule has 0 radical (unpaired) electrons. The van der Waals surface area contributed by atoms with Crippen LogP contribution in [-0.2, 0) is 14.3 Å². The molecule has 27 heavy (non-hydrogen) atoms. The van der Waals surface area contributed by atoms with Gasteiger partial charge in [-0.1, -0.05) is 34.6 Å². The molecule has 0 aromatic heterocycles. The molecule has 1 unspecified atom stereocenters. The highest BCUT2D eigenvalue weighted by molar-refractivity contribution is 5.91. The quantitative estimate of drug-likeness (QED) is 0.730. The molecule has 0 aromatic rings. The maximum atomic E-state index is 13.4. The van der Waals surface area contributed by atoms with E-state index in [1.54, 1.807) is 4.90 Å². The van der Waals surface area contributed by atoms with E-state index in [0.29, 0.717) is 18.9 Å². The normalized spacial score (nSPS) is 21.8. The van der Waals surface area contributed by atoms with Crippen molar-refractivity contribution in [3.8, 4) is 0 Å². The summed E-state index contributed by atoms with van der Waals surface area (Å²) in [6.45, 7) is 16.0. The molecule has 1 heterocycles. The van der Waals surface area contributed by atoms with Crippen LogP contribution in [0.1, 0.15) is 61.8 Å². The Morgan fingerprint density at radius 2 is 1.63 bits per heavy atom. The van der Waals surface area contributed by atoms with Gasteiger partial charge in [0.1, 0.15) is 12.1 Å². The molecule has 0 aromatic carbocycles. The summed E-state index contributed by atoms with van der Waals surface area (Å²) in [4.78, 5) is 39.6. The SMILES string of the molecule is COC(=O)[C@@H]1CC(C(C)C)CN1C(=O)[C@@H](NC(=O)NC(C)(C)C)C(C)(C)C. The van der Waals surface area contributed by atoms with Gasteiger partial charge in [0, 0.05) is 12.1 Å². The number of likely N-dealkylation sites (tertiary alicyclic amines) is 1. The number of urea groups is 1. The Bertz CT molecular complexity index is 561. The number of nitrogens with zero attached hydrogens (tertiary/aromatic N) is 1. The fourth-order valence-corrected chi connectivity index (χ4v) is 3.28. The first-order valence-corrected chi connectivity index (χ1v) is 9.64. The third kappa shape index (κ3) is 6.40. The molecular formula is C20H37N3O4. The van der Waals surface area contributed by atoms with E-state index in [1.165, 1.54) is 7.11 Å². The Morgan fingerprint density at radius 1 is 1.07 bits per heavy atom. The highest BCUT2D eigenvalue weighted by atomic mass is 16.5. The van der Waals surface area contributed by atoms with E-state index in [2.05, 4.69) is 24.5 Å². The molecule has 7 nitrogen and oxygen atoms in total. The predicted octanol–water partition coefficient (Wildman–Crippen LogP) is 2.54. The van der Waals surface area contributed by atoms with Crippen molar-refractivity contribution in [2.24, 2.45) is 17.3 Å². The van der Waals surface area contributed by atoms with Gasteiger partial charge in [0.2, 0.25) is 5.91 Å². The number of methoxy groups -OCH3 is 1. The molecule has 2 N–H and O–H groups in total. The fraction of sp³-hybridized carbons (Fsp3) is 0.850. The molecule has 0 saturated carbocycles. The van der Waals surface area contributed by atoms with E-state index in [9.17, 15) is 14.4 Å². The minimum absolute atomic E-state index is 0.224. The van der Waals surface area contributed by atoms with E-state index in [4.69, 9.17) is 4.74 Å². The molecule has 1 fully saturated rings. The molecule has 0 aliphatic carbocycles. The van der Waals surface area contributed by atoms with Crippen LogP contribution in [0.5, 0.6) is 0 Å². The van der Waals surface area contributed by atoms with Gasteiger partial charge in [-0.25, -0.2) is 9.59 Å². The first-order chi connectivity index (χ1) is 12.2. The molecule has 3 atom stereocenters. The average molecular weight is 384 g/mol. The molecule has 7 heteroatoms. The summed E-state index contributed by atoms with van der Waals surface area (Å²) in [5, 5.41) is 5.65. The number of hydrogen-bond acceptors (Lipinski definition) is 4. The first-order valence-electron chi connectivity index (χ1n) is 9.64. The van der Waals surface area contributed by atoms with E-state index in [-0.39, 0.29) is 11.8 Å². The minimum Gasteiger partial charge on any atom is -0.467 e. The van der Waals surface area contributed by atoms with Gasteiger partial charge >= 0.3 is 12.0 Å². The van der Waals surface area contributed by atoms with Crippen LogP contribution in [0.25, 0.3) is 0 Å². The summed E-state index contributed by atoms with van der Waals surface area (Å²) in [6.07, 6.45) is 0.584. The Kier molecular flexibility index (Phi) is 7.30. The molecule has 0 spiro atoms. The molecular weight excluding hydrogens is 346 g/mol. The summed E-state index contributed by atoms with van der Waals surface area (Å²) in [5.74, 6) is -0.0781. The van der Waals surface area contributed by atoms with E-state index >= 15 is 0 Å². The monoisotopic (exact) mass is 383 g/mol. The third-order valence-electron chi connectivity index (χ3n) is 4.91. The van der Waals surface area contributed by atoms with Crippen molar-refractivity contribution in [3.63, 3.8) is 0 Å². The second-order valence-corrected chi connectivity index (χ2v) is 9.92. The molecule has 156 valence electrons. The number of ether oxygens (including phenoxy) is 1. The van der Waals surface area contributed by atoms with E-state index < -0.39 is 35.0 Å². The average Bonchev–Trinajstić information content (AvgIpc) is 2.93. The summed E-state index contributed by atoms with van der Waals surface area (Å²) in [7, 11) is 1.34. The number of carbonyl (C=O) groups excluding carboxylic acids is 3. The van der Waals surface area contributed by atoms with Gasteiger partial charge in [-0.15, -0.1) is 0 Å². The molecule has 1 rings (SSSR count). The van der Waals surface area contributed by atoms with Crippen molar-refractivity contribution in [1.29, 1.82) is 0 Å². The molecule has 3 amide bonds. The van der Waals surface area contributed by atoms with Crippen molar-refractivity contribution in [1.82, 2.24) is 15.5 Å². The maximum absolute atomic E-state index is 13.4. The Hall–Kier alpha value is -1.79. The zero-order valence-electron chi connectivity index (χ0n) is 18.3. The van der Waals surface area contributed by atoms with Crippen molar-refractivity contribution in [2.45, 2.75) is 79.4 Å². The second-order valence-electron chi connectivity index (χ2n) is 9.92.